The molecule has 2 rings (SSSR count). The van der Waals surface area contributed by atoms with Crippen LogP contribution in [0, 0.1) is 22.7 Å². The number of esters is 1. The molecule has 5 atom stereocenters. The van der Waals surface area contributed by atoms with Crippen LogP contribution in [-0.4, -0.2) is 84.4 Å². The summed E-state index contributed by atoms with van der Waals surface area (Å²) in [6, 6.07) is -3.10. The predicted octanol–water partition coefficient (Wildman–Crippen LogP) is 1.72. The number of piperidine rings is 1. The van der Waals surface area contributed by atoms with Crippen molar-refractivity contribution in [1.29, 1.82) is 0 Å². The van der Waals surface area contributed by atoms with Gasteiger partial charge in [0, 0.05) is 6.54 Å². The Morgan fingerprint density at radius 2 is 1.66 bits per heavy atom. The van der Waals surface area contributed by atoms with E-state index in [9.17, 15) is 28.8 Å². The Morgan fingerprint density at radius 3 is 2.17 bits per heavy atom. The third-order valence-electron chi connectivity index (χ3n) is 7.67. The van der Waals surface area contributed by atoms with Crippen molar-refractivity contribution >= 4 is 35.6 Å². The van der Waals surface area contributed by atoms with E-state index >= 15 is 0 Å². The lowest BCUT2D eigenvalue weighted by Gasteiger charge is -2.38. The van der Waals surface area contributed by atoms with E-state index in [1.165, 1.54) is 4.90 Å². The van der Waals surface area contributed by atoms with Crippen LogP contribution in [0.25, 0.3) is 0 Å². The summed E-state index contributed by atoms with van der Waals surface area (Å²) in [5.41, 5.74) is -1.70. The summed E-state index contributed by atoms with van der Waals surface area (Å²) in [5.74, 6) is -3.81. The second-order valence-electron chi connectivity index (χ2n) is 13.4. The van der Waals surface area contributed by atoms with Crippen molar-refractivity contribution in [3.05, 3.63) is 12.7 Å². The number of Topliss-reactive ketones (excluding diaryl/α,β-unsaturated/α-hetero) is 1. The van der Waals surface area contributed by atoms with E-state index in [1.54, 1.807) is 47.6 Å². The Morgan fingerprint density at radius 1 is 1.05 bits per heavy atom. The number of likely N-dealkylation sites (tertiary alicyclic amines) is 1. The van der Waals surface area contributed by atoms with E-state index in [1.807, 2.05) is 13.8 Å². The maximum absolute atomic E-state index is 14.0. The van der Waals surface area contributed by atoms with Crippen LogP contribution >= 0.6 is 0 Å². The first-order valence-electron chi connectivity index (χ1n) is 13.9. The topological polar surface area (TPSA) is 160 Å². The summed E-state index contributed by atoms with van der Waals surface area (Å²) < 4.78 is 9.86. The van der Waals surface area contributed by atoms with Crippen molar-refractivity contribution in [2.75, 3.05) is 20.2 Å². The highest BCUT2D eigenvalue weighted by Crippen LogP contribution is 2.65. The molecule has 1 unspecified atom stereocenters. The van der Waals surface area contributed by atoms with Gasteiger partial charge in [-0.3, -0.25) is 24.0 Å². The standard InChI is InChI=1S/C29H46N4O8/c1-11-12-13-17(21(35)24(37)30-14-18(34)40-10)31-23(36)20-19-16(29(19,8)9)15-33(20)25(38)22(27(2,3)4)32-26(39)41-28(5,6)7/h11,16-17,19-20,22H,1,12-15H2,2-10H3,(H,30,37)(H,31,36)(H,32,39)/t16-,17?,19-,20-,22-/m0/s1. The molecule has 0 spiro atoms. The first-order valence-corrected chi connectivity index (χ1v) is 13.9. The van der Waals surface area contributed by atoms with Crippen LogP contribution < -0.4 is 16.0 Å². The van der Waals surface area contributed by atoms with E-state index in [4.69, 9.17) is 4.74 Å². The SMILES string of the molecule is C=CCCC(NC(=O)[C@@H]1[C@@H]2[C@H](CN1C(=O)[C@H](NC(=O)OC(C)(C)C)C(C)(C)C)C2(C)C)C(=O)C(=O)NCC(=O)OC. The van der Waals surface area contributed by atoms with Gasteiger partial charge < -0.3 is 30.3 Å². The van der Waals surface area contributed by atoms with Crippen LogP contribution in [0.3, 0.4) is 0 Å². The average molecular weight is 579 g/mol. The minimum atomic E-state index is -1.20. The van der Waals surface area contributed by atoms with Crippen molar-refractivity contribution in [3.8, 4) is 0 Å². The van der Waals surface area contributed by atoms with Gasteiger partial charge in [0.2, 0.25) is 17.6 Å². The fourth-order valence-electron chi connectivity index (χ4n) is 5.33. The second-order valence-corrected chi connectivity index (χ2v) is 13.4. The lowest BCUT2D eigenvalue weighted by molar-refractivity contribution is -0.146. The fraction of sp³-hybridized carbons (Fsp3) is 0.724. The molecule has 12 heteroatoms. The van der Waals surface area contributed by atoms with E-state index < -0.39 is 71.3 Å². The average Bonchev–Trinajstić information content (AvgIpc) is 3.17. The van der Waals surface area contributed by atoms with Gasteiger partial charge in [0.25, 0.3) is 5.91 Å². The number of fused-ring (bicyclic) bond motifs is 1. The van der Waals surface area contributed by atoms with Crippen LogP contribution in [0.2, 0.25) is 0 Å². The number of hydrogen-bond donors (Lipinski definition) is 3. The van der Waals surface area contributed by atoms with Gasteiger partial charge in [-0.2, -0.15) is 0 Å². The predicted molar refractivity (Wildman–Crippen MR) is 150 cm³/mol. The first-order chi connectivity index (χ1) is 18.8. The molecule has 0 aromatic rings. The van der Waals surface area contributed by atoms with Gasteiger partial charge in [0.1, 0.15) is 24.2 Å². The Hall–Kier alpha value is -3.44. The molecule has 4 amide bonds. The molecule has 2 aliphatic rings. The number of alkyl carbamates (subject to hydrolysis) is 1. The number of allylic oxidation sites excluding steroid dienone is 1. The molecule has 1 saturated heterocycles. The maximum atomic E-state index is 14.0. The number of ether oxygens (including phenoxy) is 2. The summed E-state index contributed by atoms with van der Waals surface area (Å²) in [6.07, 6.45) is 1.24. The highest BCUT2D eigenvalue weighted by atomic mass is 16.6. The molecule has 1 aliphatic carbocycles. The third kappa shape index (κ3) is 8.29. The lowest BCUT2D eigenvalue weighted by Crippen LogP contribution is -2.60. The molecule has 12 nitrogen and oxygen atoms in total. The van der Waals surface area contributed by atoms with Gasteiger partial charge >= 0.3 is 12.1 Å². The zero-order valence-corrected chi connectivity index (χ0v) is 25.7. The normalized spacial score (nSPS) is 22.4. The molecule has 0 bridgehead atoms. The molecule has 0 aromatic heterocycles. The van der Waals surface area contributed by atoms with Gasteiger partial charge in [0.15, 0.2) is 0 Å². The van der Waals surface area contributed by atoms with Crippen molar-refractivity contribution in [2.45, 2.75) is 92.0 Å². The molecule has 1 saturated carbocycles. The molecule has 3 N–H and O–H groups in total. The zero-order valence-electron chi connectivity index (χ0n) is 25.7. The monoisotopic (exact) mass is 578 g/mol. The van der Waals surface area contributed by atoms with E-state index in [0.29, 0.717) is 13.0 Å². The van der Waals surface area contributed by atoms with Gasteiger partial charge in [0.05, 0.1) is 13.2 Å². The maximum Gasteiger partial charge on any atom is 0.408 e. The highest BCUT2D eigenvalue weighted by Gasteiger charge is 2.70. The first kappa shape index (κ1) is 33.8. The Balaban J connectivity index is 2.30. The van der Waals surface area contributed by atoms with Crippen LogP contribution in [0.1, 0.15) is 68.2 Å². The summed E-state index contributed by atoms with van der Waals surface area (Å²) in [7, 11) is 1.15. The van der Waals surface area contributed by atoms with Crippen molar-refractivity contribution in [2.24, 2.45) is 22.7 Å². The minimum Gasteiger partial charge on any atom is -0.468 e. The molecule has 0 radical (unpaired) electrons. The smallest absolute Gasteiger partial charge is 0.408 e. The van der Waals surface area contributed by atoms with Gasteiger partial charge in [-0.15, -0.1) is 6.58 Å². The van der Waals surface area contributed by atoms with Crippen molar-refractivity contribution in [3.63, 3.8) is 0 Å². The number of carbonyl (C=O) groups excluding carboxylic acids is 6. The van der Waals surface area contributed by atoms with Gasteiger partial charge in [-0.1, -0.05) is 40.7 Å². The fourth-order valence-corrected chi connectivity index (χ4v) is 5.33. The molecular weight excluding hydrogens is 532 g/mol. The Labute approximate surface area is 242 Å². The number of hydrogen-bond acceptors (Lipinski definition) is 8. The quantitative estimate of drug-likeness (QED) is 0.190. The highest BCUT2D eigenvalue weighted by molar-refractivity contribution is 6.38. The molecule has 2 fully saturated rings. The van der Waals surface area contributed by atoms with Crippen LogP contribution in [0.15, 0.2) is 12.7 Å². The number of carbonyl (C=O) groups is 6. The number of ketones is 1. The summed E-state index contributed by atoms with van der Waals surface area (Å²) in [4.78, 5) is 78.6. The van der Waals surface area contributed by atoms with Crippen molar-refractivity contribution in [1.82, 2.24) is 20.9 Å². The Kier molecular flexibility index (Phi) is 10.4. The largest absolute Gasteiger partial charge is 0.468 e. The summed E-state index contributed by atoms with van der Waals surface area (Å²) in [5, 5.41) is 7.57. The number of amides is 4. The molecule has 1 aliphatic heterocycles. The number of methoxy groups -OCH3 is 1. The van der Waals surface area contributed by atoms with Crippen LogP contribution in [-0.2, 0) is 33.4 Å². The van der Waals surface area contributed by atoms with Gasteiger partial charge in [-0.05, 0) is 56.3 Å². The zero-order chi connectivity index (χ0) is 31.5. The van der Waals surface area contributed by atoms with E-state index in [0.717, 1.165) is 7.11 Å². The number of rotatable bonds is 11. The van der Waals surface area contributed by atoms with Crippen LogP contribution in [0.4, 0.5) is 4.79 Å². The van der Waals surface area contributed by atoms with Crippen molar-refractivity contribution < 1.29 is 38.2 Å². The Bertz CT molecular complexity index is 1070. The molecule has 230 valence electrons. The lowest BCUT2D eigenvalue weighted by atomic mass is 9.85. The summed E-state index contributed by atoms with van der Waals surface area (Å²) >= 11 is 0. The van der Waals surface area contributed by atoms with E-state index in [-0.39, 0.29) is 23.7 Å². The molecule has 0 aromatic carbocycles. The molecular formula is C29H46N4O8. The summed E-state index contributed by atoms with van der Waals surface area (Å²) in [6.45, 7) is 18.1. The number of nitrogens with one attached hydrogen (secondary N) is 3. The minimum absolute atomic E-state index is 0.0510. The number of nitrogens with zero attached hydrogens (tertiary/aromatic N) is 1. The molecule has 41 heavy (non-hydrogen) atoms. The van der Waals surface area contributed by atoms with E-state index in [2.05, 4.69) is 27.3 Å². The van der Waals surface area contributed by atoms with Crippen LogP contribution in [0.5, 0.6) is 0 Å². The van der Waals surface area contributed by atoms with Gasteiger partial charge in [-0.25, -0.2) is 4.79 Å². The third-order valence-corrected chi connectivity index (χ3v) is 7.67. The molecule has 1 heterocycles. The second kappa shape index (κ2) is 12.6.